The average Bonchev–Trinajstić information content (AvgIpc) is 3.57. The molecule has 0 aliphatic carbocycles. The Kier molecular flexibility index (Phi) is 8.00. The molecule has 2 aromatic heterocycles. The number of hydrogen-bond donors (Lipinski definition) is 0. The van der Waals surface area contributed by atoms with Gasteiger partial charge in [-0.15, -0.1) is 0 Å². The van der Waals surface area contributed by atoms with Crippen LogP contribution in [0.5, 0.6) is 17.2 Å². The van der Waals surface area contributed by atoms with Gasteiger partial charge in [0.1, 0.15) is 23.8 Å². The summed E-state index contributed by atoms with van der Waals surface area (Å²) < 4.78 is 31.0. The highest BCUT2D eigenvalue weighted by Gasteiger charge is 2.17. The molecule has 6 aromatic rings. The number of carbonyl (C=O) groups is 1. The van der Waals surface area contributed by atoms with E-state index in [4.69, 9.17) is 23.4 Å². The molecule has 0 fully saturated rings. The van der Waals surface area contributed by atoms with E-state index < -0.39 is 5.97 Å². The van der Waals surface area contributed by atoms with Gasteiger partial charge in [-0.3, -0.25) is 0 Å². The van der Waals surface area contributed by atoms with Crippen LogP contribution in [-0.2, 0) is 22.7 Å². The number of aryl methyl sites for hydroxylation is 1. The van der Waals surface area contributed by atoms with Crippen LogP contribution in [0.2, 0.25) is 0 Å². The predicted octanol–water partition coefficient (Wildman–Crippen LogP) is 7.34. The van der Waals surface area contributed by atoms with E-state index in [-0.39, 0.29) is 13.2 Å². The summed E-state index contributed by atoms with van der Waals surface area (Å²) >= 11 is 0. The quantitative estimate of drug-likeness (QED) is 0.149. The van der Waals surface area contributed by atoms with Gasteiger partial charge in [0.2, 0.25) is 5.89 Å². The topological polar surface area (TPSA) is 85.0 Å². The van der Waals surface area contributed by atoms with Crippen LogP contribution in [0.25, 0.3) is 33.3 Å². The summed E-state index contributed by atoms with van der Waals surface area (Å²) in [5, 5.41) is 1.99. The van der Waals surface area contributed by atoms with Gasteiger partial charge in [-0.25, -0.2) is 9.78 Å². The minimum atomic E-state index is -0.395. The van der Waals surface area contributed by atoms with E-state index in [1.165, 1.54) is 0 Å². The Morgan fingerprint density at radius 3 is 2.47 bits per heavy atom. The molecule has 0 N–H and O–H groups in total. The van der Waals surface area contributed by atoms with Gasteiger partial charge in [0.05, 0.1) is 19.2 Å². The third-order valence-corrected chi connectivity index (χ3v) is 7.26. The molecule has 0 radical (unpaired) electrons. The minimum absolute atomic E-state index is 0.146. The van der Waals surface area contributed by atoms with Crippen molar-refractivity contribution in [3.63, 3.8) is 0 Å². The molecular weight excluding hydrogens is 544 g/mol. The molecule has 43 heavy (non-hydrogen) atoms. The molecule has 0 bridgehead atoms. The van der Waals surface area contributed by atoms with Crippen LogP contribution in [0.3, 0.4) is 0 Å². The zero-order valence-electron chi connectivity index (χ0n) is 24.3. The van der Waals surface area contributed by atoms with Crippen molar-refractivity contribution in [1.82, 2.24) is 9.55 Å². The van der Waals surface area contributed by atoms with Crippen molar-refractivity contribution in [2.45, 2.75) is 27.0 Å². The number of fused-ring (bicyclic) bond motifs is 3. The summed E-state index contributed by atoms with van der Waals surface area (Å²) in [6.45, 7) is 4.67. The Morgan fingerprint density at radius 1 is 0.860 bits per heavy atom. The van der Waals surface area contributed by atoms with Crippen LogP contribution in [0.15, 0.2) is 95.4 Å². The highest BCUT2D eigenvalue weighted by atomic mass is 16.6. The molecule has 0 amide bonds. The van der Waals surface area contributed by atoms with Crippen molar-refractivity contribution >= 4 is 27.8 Å². The van der Waals surface area contributed by atoms with Crippen molar-refractivity contribution in [2.75, 3.05) is 20.3 Å². The van der Waals surface area contributed by atoms with Crippen LogP contribution < -0.4 is 14.2 Å². The average molecular weight is 577 g/mol. The molecule has 6 rings (SSSR count). The largest absolute Gasteiger partial charge is 0.493 e. The molecule has 0 aliphatic rings. The van der Waals surface area contributed by atoms with Gasteiger partial charge in [0.25, 0.3) is 0 Å². The van der Waals surface area contributed by atoms with Crippen molar-refractivity contribution in [1.29, 1.82) is 0 Å². The maximum atomic E-state index is 12.0. The molecule has 8 heteroatoms. The molecule has 2 heterocycles. The molecule has 0 aliphatic heterocycles. The van der Waals surface area contributed by atoms with Gasteiger partial charge in [-0.1, -0.05) is 48.5 Å². The molecule has 0 saturated carbocycles. The van der Waals surface area contributed by atoms with Crippen LogP contribution in [0.4, 0.5) is 0 Å². The molecular formula is C35H32N2O6. The number of esters is 1. The number of oxazole rings is 1. The Bertz CT molecular complexity index is 1890. The normalized spacial score (nSPS) is 11.1. The first kappa shape index (κ1) is 27.9. The van der Waals surface area contributed by atoms with Crippen LogP contribution in [0, 0.1) is 6.92 Å². The maximum Gasteiger partial charge on any atom is 0.344 e. The zero-order valence-corrected chi connectivity index (χ0v) is 24.3. The fourth-order valence-electron chi connectivity index (χ4n) is 5.22. The number of methoxy groups -OCH3 is 1. The third-order valence-electron chi connectivity index (χ3n) is 7.26. The summed E-state index contributed by atoms with van der Waals surface area (Å²) in [5.74, 6) is 2.77. The highest BCUT2D eigenvalue weighted by Crippen LogP contribution is 2.37. The summed E-state index contributed by atoms with van der Waals surface area (Å²) in [7, 11) is 1.63. The molecule has 4 aromatic carbocycles. The van der Waals surface area contributed by atoms with Crippen molar-refractivity contribution < 1.29 is 28.2 Å². The van der Waals surface area contributed by atoms with E-state index in [0.717, 1.165) is 38.6 Å². The Balaban J connectivity index is 1.25. The first-order valence-electron chi connectivity index (χ1n) is 14.2. The second kappa shape index (κ2) is 12.3. The lowest BCUT2D eigenvalue weighted by Gasteiger charge is -2.13. The van der Waals surface area contributed by atoms with E-state index >= 15 is 0 Å². The van der Waals surface area contributed by atoms with Crippen LogP contribution in [-0.4, -0.2) is 35.8 Å². The number of ether oxygens (including phenoxy) is 4. The van der Waals surface area contributed by atoms with E-state index in [2.05, 4.69) is 27.8 Å². The SMILES string of the molecule is CCOC(=O)COc1cccc2c1c1ccccc1n2Cc1ccc(OCc2nc(-c3ccccc3)oc2C)c(OC)c1. The van der Waals surface area contributed by atoms with Crippen molar-refractivity contribution in [3.8, 4) is 28.7 Å². The second-order valence-corrected chi connectivity index (χ2v) is 10.0. The smallest absolute Gasteiger partial charge is 0.344 e. The van der Waals surface area contributed by atoms with Gasteiger partial charge in [0, 0.05) is 28.4 Å². The lowest BCUT2D eigenvalue weighted by atomic mass is 10.1. The Morgan fingerprint density at radius 2 is 1.65 bits per heavy atom. The number of carbonyl (C=O) groups excluding carboxylic acids is 1. The number of nitrogens with zero attached hydrogens (tertiary/aromatic N) is 2. The number of benzene rings is 4. The zero-order chi connectivity index (χ0) is 29.8. The fourth-order valence-corrected chi connectivity index (χ4v) is 5.22. The number of rotatable bonds is 11. The lowest BCUT2D eigenvalue weighted by Crippen LogP contribution is -2.14. The third kappa shape index (κ3) is 5.77. The predicted molar refractivity (Wildman–Crippen MR) is 165 cm³/mol. The summed E-state index contributed by atoms with van der Waals surface area (Å²) in [6, 6.07) is 29.8. The van der Waals surface area contributed by atoms with E-state index in [0.29, 0.717) is 42.1 Å². The number of aromatic nitrogens is 2. The summed E-state index contributed by atoms with van der Waals surface area (Å²) in [4.78, 5) is 16.6. The molecule has 0 saturated heterocycles. The first-order valence-corrected chi connectivity index (χ1v) is 14.2. The van der Waals surface area contributed by atoms with Crippen LogP contribution >= 0.6 is 0 Å². The summed E-state index contributed by atoms with van der Waals surface area (Å²) in [6.07, 6.45) is 0. The molecule has 0 spiro atoms. The van der Waals surface area contributed by atoms with Gasteiger partial charge in [-0.2, -0.15) is 0 Å². The molecule has 0 unspecified atom stereocenters. The van der Waals surface area contributed by atoms with E-state index in [1.54, 1.807) is 14.0 Å². The first-order chi connectivity index (χ1) is 21.1. The second-order valence-electron chi connectivity index (χ2n) is 10.0. The summed E-state index contributed by atoms with van der Waals surface area (Å²) in [5.41, 5.74) is 4.74. The highest BCUT2D eigenvalue weighted by molar-refractivity contribution is 6.11. The monoisotopic (exact) mass is 576 g/mol. The standard InChI is InChI=1S/C35H32N2O6/c1-4-40-33(38)22-42-31-16-10-15-29-34(31)26-13-8-9-14-28(26)37(29)20-24-17-18-30(32(19-24)39-3)41-21-27-23(2)43-35(36-27)25-11-6-5-7-12-25/h5-19H,4,20-22H2,1-3H3. The van der Waals surface area contributed by atoms with E-state index in [9.17, 15) is 4.79 Å². The lowest BCUT2D eigenvalue weighted by molar-refractivity contribution is -0.145. The molecule has 218 valence electrons. The van der Waals surface area contributed by atoms with Gasteiger partial charge < -0.3 is 27.9 Å². The number of para-hydroxylation sites is 1. The van der Waals surface area contributed by atoms with E-state index in [1.807, 2.05) is 79.7 Å². The number of hydrogen-bond acceptors (Lipinski definition) is 7. The fraction of sp³-hybridized carbons (Fsp3) is 0.200. The Hall–Kier alpha value is -5.24. The van der Waals surface area contributed by atoms with Gasteiger partial charge >= 0.3 is 5.97 Å². The van der Waals surface area contributed by atoms with Crippen molar-refractivity contribution in [3.05, 3.63) is 108 Å². The molecule has 0 atom stereocenters. The minimum Gasteiger partial charge on any atom is -0.493 e. The Labute approximate surface area is 249 Å². The molecule has 8 nitrogen and oxygen atoms in total. The maximum absolute atomic E-state index is 12.0. The van der Waals surface area contributed by atoms with Crippen molar-refractivity contribution in [2.24, 2.45) is 0 Å². The van der Waals surface area contributed by atoms with Gasteiger partial charge in [0.15, 0.2) is 18.1 Å². The van der Waals surface area contributed by atoms with Crippen LogP contribution in [0.1, 0.15) is 23.9 Å². The van der Waals surface area contributed by atoms with Gasteiger partial charge in [-0.05, 0) is 61.9 Å².